The topological polar surface area (TPSA) is 96.3 Å². The molecule has 2 rings (SSSR count). The summed E-state index contributed by atoms with van der Waals surface area (Å²) < 4.78 is 32.0. The standard InChI is InChI=1S/C18H15ClN2O4S/c1-2-25-18(22)10-5-13-3-7-15(8-4-13)21-26(23,24)16-9-6-14(12-20)17(19)11-16/h3-11,21H,2H2,1H3. The number of halogens is 1. The molecule has 0 spiro atoms. The van der Waals surface area contributed by atoms with Crippen molar-refractivity contribution in [1.82, 2.24) is 0 Å². The van der Waals surface area contributed by atoms with Gasteiger partial charge in [-0.15, -0.1) is 0 Å². The minimum Gasteiger partial charge on any atom is -0.463 e. The number of anilines is 1. The summed E-state index contributed by atoms with van der Waals surface area (Å²) in [6, 6.07) is 12.2. The Hall–Kier alpha value is -2.82. The van der Waals surface area contributed by atoms with Crippen LogP contribution < -0.4 is 4.72 Å². The number of rotatable bonds is 6. The summed E-state index contributed by atoms with van der Waals surface area (Å²) in [5.74, 6) is -0.449. The van der Waals surface area contributed by atoms with Crippen molar-refractivity contribution in [2.45, 2.75) is 11.8 Å². The van der Waals surface area contributed by atoms with Crippen molar-refractivity contribution in [1.29, 1.82) is 5.26 Å². The molecule has 134 valence electrons. The van der Waals surface area contributed by atoms with Crippen molar-refractivity contribution in [2.24, 2.45) is 0 Å². The number of hydrogen-bond acceptors (Lipinski definition) is 5. The van der Waals surface area contributed by atoms with Gasteiger partial charge in [0.25, 0.3) is 10.0 Å². The molecule has 0 radical (unpaired) electrons. The highest BCUT2D eigenvalue weighted by atomic mass is 35.5. The molecule has 0 aliphatic carbocycles. The van der Waals surface area contributed by atoms with Crippen molar-refractivity contribution in [2.75, 3.05) is 11.3 Å². The first-order valence-corrected chi connectivity index (χ1v) is 9.39. The van der Waals surface area contributed by atoms with Crippen LogP contribution in [0.4, 0.5) is 5.69 Å². The number of benzene rings is 2. The van der Waals surface area contributed by atoms with Crippen LogP contribution in [0.25, 0.3) is 6.08 Å². The monoisotopic (exact) mass is 390 g/mol. The van der Waals surface area contributed by atoms with E-state index in [0.717, 1.165) is 0 Å². The van der Waals surface area contributed by atoms with Gasteiger partial charge in [-0.25, -0.2) is 13.2 Å². The molecular weight excluding hydrogens is 376 g/mol. The van der Waals surface area contributed by atoms with E-state index in [1.54, 1.807) is 37.3 Å². The molecule has 0 saturated heterocycles. The molecule has 1 N–H and O–H groups in total. The molecule has 0 aromatic heterocycles. The number of carbonyl (C=O) groups excluding carboxylic acids is 1. The van der Waals surface area contributed by atoms with Crippen molar-refractivity contribution in [3.05, 3.63) is 64.7 Å². The van der Waals surface area contributed by atoms with Crippen LogP contribution in [0.3, 0.4) is 0 Å². The fraction of sp³-hybridized carbons (Fsp3) is 0.111. The minimum atomic E-state index is -3.84. The van der Waals surface area contributed by atoms with E-state index in [2.05, 4.69) is 4.72 Å². The molecule has 0 amide bonds. The summed E-state index contributed by atoms with van der Waals surface area (Å²) >= 11 is 5.88. The van der Waals surface area contributed by atoms with Gasteiger partial charge in [-0.05, 0) is 48.9 Å². The molecule has 8 heteroatoms. The van der Waals surface area contributed by atoms with Gasteiger partial charge in [0.1, 0.15) is 6.07 Å². The molecule has 0 aliphatic rings. The summed E-state index contributed by atoms with van der Waals surface area (Å²) in [6.07, 6.45) is 2.86. The van der Waals surface area contributed by atoms with Crippen molar-refractivity contribution in [3.8, 4) is 6.07 Å². The maximum Gasteiger partial charge on any atom is 0.330 e. The van der Waals surface area contributed by atoms with E-state index in [1.807, 2.05) is 6.07 Å². The van der Waals surface area contributed by atoms with Crippen LogP contribution in [0.15, 0.2) is 53.4 Å². The summed E-state index contributed by atoms with van der Waals surface area (Å²) in [7, 11) is -3.84. The lowest BCUT2D eigenvalue weighted by molar-refractivity contribution is -0.137. The lowest BCUT2D eigenvalue weighted by Gasteiger charge is -2.09. The van der Waals surface area contributed by atoms with Gasteiger partial charge < -0.3 is 4.74 Å². The highest BCUT2D eigenvalue weighted by Crippen LogP contribution is 2.22. The Balaban J connectivity index is 2.14. The number of nitriles is 1. The normalized spacial score (nSPS) is 11.1. The third-order valence-corrected chi connectivity index (χ3v) is 4.92. The molecule has 6 nitrogen and oxygen atoms in total. The highest BCUT2D eigenvalue weighted by Gasteiger charge is 2.16. The maximum atomic E-state index is 12.4. The molecule has 0 atom stereocenters. The van der Waals surface area contributed by atoms with E-state index >= 15 is 0 Å². The molecule has 0 saturated carbocycles. The Morgan fingerprint density at radius 3 is 2.54 bits per heavy atom. The minimum absolute atomic E-state index is 0.0483. The Labute approximate surface area is 156 Å². The average Bonchev–Trinajstić information content (AvgIpc) is 2.61. The number of ether oxygens (including phenoxy) is 1. The van der Waals surface area contributed by atoms with Gasteiger partial charge in [-0.3, -0.25) is 4.72 Å². The van der Waals surface area contributed by atoms with E-state index in [4.69, 9.17) is 21.6 Å². The first kappa shape index (κ1) is 19.5. The maximum absolute atomic E-state index is 12.4. The van der Waals surface area contributed by atoms with E-state index < -0.39 is 16.0 Å². The number of nitrogens with one attached hydrogen (secondary N) is 1. The first-order chi connectivity index (χ1) is 12.4. The molecule has 26 heavy (non-hydrogen) atoms. The van der Waals surface area contributed by atoms with Crippen LogP contribution in [0, 0.1) is 11.3 Å². The van der Waals surface area contributed by atoms with Crippen LogP contribution in [-0.4, -0.2) is 21.0 Å². The van der Waals surface area contributed by atoms with Crippen LogP contribution >= 0.6 is 11.6 Å². The number of carbonyl (C=O) groups is 1. The second kappa shape index (κ2) is 8.52. The zero-order valence-electron chi connectivity index (χ0n) is 13.8. The van der Waals surface area contributed by atoms with Gasteiger partial charge in [-0.2, -0.15) is 5.26 Å². The number of nitrogens with zero attached hydrogens (tertiary/aromatic N) is 1. The second-order valence-electron chi connectivity index (χ2n) is 5.07. The summed E-state index contributed by atoms with van der Waals surface area (Å²) in [6.45, 7) is 2.01. The molecular formula is C18H15ClN2O4S. The molecule has 2 aromatic carbocycles. The van der Waals surface area contributed by atoms with Gasteiger partial charge in [0.2, 0.25) is 0 Å². The molecule has 0 heterocycles. The van der Waals surface area contributed by atoms with Crippen LogP contribution in [0.2, 0.25) is 5.02 Å². The lowest BCUT2D eigenvalue weighted by Crippen LogP contribution is -2.13. The van der Waals surface area contributed by atoms with Crippen LogP contribution in [0.5, 0.6) is 0 Å². The van der Waals surface area contributed by atoms with Gasteiger partial charge in [-0.1, -0.05) is 23.7 Å². The number of esters is 1. The Kier molecular flexibility index (Phi) is 6.39. The smallest absolute Gasteiger partial charge is 0.330 e. The van der Waals surface area contributed by atoms with Crippen molar-refractivity contribution < 1.29 is 17.9 Å². The lowest BCUT2D eigenvalue weighted by atomic mass is 10.2. The fourth-order valence-corrected chi connectivity index (χ4v) is 3.36. The Bertz CT molecular complexity index is 977. The second-order valence-corrected chi connectivity index (χ2v) is 7.16. The first-order valence-electron chi connectivity index (χ1n) is 7.53. The molecule has 0 unspecified atom stereocenters. The molecule has 0 bridgehead atoms. The molecule has 0 aliphatic heterocycles. The molecule has 2 aromatic rings. The van der Waals surface area contributed by atoms with Gasteiger partial charge >= 0.3 is 5.97 Å². The third-order valence-electron chi connectivity index (χ3n) is 3.23. The van der Waals surface area contributed by atoms with Gasteiger partial charge in [0, 0.05) is 11.8 Å². The summed E-state index contributed by atoms with van der Waals surface area (Å²) in [5, 5.41) is 8.91. The van der Waals surface area contributed by atoms with Crippen LogP contribution in [-0.2, 0) is 19.6 Å². The van der Waals surface area contributed by atoms with E-state index in [-0.39, 0.29) is 15.5 Å². The molecule has 0 fully saturated rings. The van der Waals surface area contributed by atoms with Gasteiger partial charge in [0.05, 0.1) is 22.1 Å². The zero-order valence-corrected chi connectivity index (χ0v) is 15.3. The average molecular weight is 391 g/mol. The summed E-state index contributed by atoms with van der Waals surface area (Å²) in [4.78, 5) is 11.2. The predicted molar refractivity (Wildman–Crippen MR) is 99.1 cm³/mol. The van der Waals surface area contributed by atoms with E-state index in [9.17, 15) is 13.2 Å². The summed E-state index contributed by atoms with van der Waals surface area (Å²) in [5.41, 5.74) is 1.25. The predicted octanol–water partition coefficient (Wildman–Crippen LogP) is 3.59. The fourth-order valence-electron chi connectivity index (χ4n) is 1.98. The number of hydrogen-bond donors (Lipinski definition) is 1. The van der Waals surface area contributed by atoms with E-state index in [1.165, 1.54) is 24.3 Å². The van der Waals surface area contributed by atoms with Crippen LogP contribution in [0.1, 0.15) is 18.1 Å². The Morgan fingerprint density at radius 1 is 1.27 bits per heavy atom. The Morgan fingerprint density at radius 2 is 1.96 bits per heavy atom. The quantitative estimate of drug-likeness (QED) is 0.600. The number of sulfonamides is 1. The SMILES string of the molecule is CCOC(=O)C=Cc1ccc(NS(=O)(=O)c2ccc(C#N)c(Cl)c2)cc1. The zero-order chi connectivity index (χ0) is 19.2. The largest absolute Gasteiger partial charge is 0.463 e. The van der Waals surface area contributed by atoms with Crippen molar-refractivity contribution >= 4 is 39.4 Å². The van der Waals surface area contributed by atoms with Gasteiger partial charge in [0.15, 0.2) is 0 Å². The highest BCUT2D eigenvalue weighted by molar-refractivity contribution is 7.92. The van der Waals surface area contributed by atoms with E-state index in [0.29, 0.717) is 17.9 Å². The van der Waals surface area contributed by atoms with Crippen molar-refractivity contribution in [3.63, 3.8) is 0 Å². The third kappa shape index (κ3) is 5.09.